The van der Waals surface area contributed by atoms with Gasteiger partial charge in [0.05, 0.1) is 12.0 Å². The lowest BCUT2D eigenvalue weighted by molar-refractivity contribution is -0.138. The Morgan fingerprint density at radius 3 is 2.23 bits per heavy atom. The molecule has 160 valence electrons. The van der Waals surface area contributed by atoms with Crippen LogP contribution in [-0.2, 0) is 17.4 Å². The number of carboxylic acid groups (broad SMARTS) is 1. The molecule has 0 saturated carbocycles. The second-order valence-corrected chi connectivity index (χ2v) is 6.62. The Morgan fingerprint density at radius 1 is 0.903 bits per heavy atom. The van der Waals surface area contributed by atoms with E-state index < -0.39 is 17.7 Å². The number of hydrogen-bond acceptors (Lipinski definition) is 3. The van der Waals surface area contributed by atoms with Crippen LogP contribution < -0.4 is 9.47 Å². The lowest BCUT2D eigenvalue weighted by Crippen LogP contribution is -2.03. The predicted molar refractivity (Wildman–Crippen MR) is 110 cm³/mol. The van der Waals surface area contributed by atoms with Gasteiger partial charge in [-0.25, -0.2) is 0 Å². The standard InChI is InChI=1S/C24H19F3O4/c25-24(26,27)19-8-6-17(7-9-19)4-2-14-30-20-10-12-21(13-11-20)31-22-5-1-3-18(15-22)16-23(28)29/h1-13,15H,14,16H2,(H,28,29). The minimum Gasteiger partial charge on any atom is -0.490 e. The number of alkyl halides is 3. The van der Waals surface area contributed by atoms with E-state index in [0.29, 0.717) is 28.4 Å². The first kappa shape index (κ1) is 22.0. The van der Waals surface area contributed by atoms with Crippen molar-refractivity contribution in [2.75, 3.05) is 6.61 Å². The van der Waals surface area contributed by atoms with Gasteiger partial charge in [0.25, 0.3) is 0 Å². The van der Waals surface area contributed by atoms with Gasteiger partial charge in [-0.1, -0.05) is 30.3 Å². The van der Waals surface area contributed by atoms with Crippen molar-refractivity contribution in [3.63, 3.8) is 0 Å². The lowest BCUT2D eigenvalue weighted by atomic mass is 10.1. The van der Waals surface area contributed by atoms with E-state index >= 15 is 0 Å². The maximum absolute atomic E-state index is 12.6. The fourth-order valence-electron chi connectivity index (χ4n) is 2.75. The number of rotatable bonds is 8. The molecule has 0 unspecified atom stereocenters. The zero-order valence-electron chi connectivity index (χ0n) is 16.3. The van der Waals surface area contributed by atoms with Gasteiger partial charge in [0.1, 0.15) is 23.9 Å². The van der Waals surface area contributed by atoms with Gasteiger partial charge in [0, 0.05) is 0 Å². The lowest BCUT2D eigenvalue weighted by Gasteiger charge is -2.08. The molecule has 0 amide bonds. The second-order valence-electron chi connectivity index (χ2n) is 6.62. The maximum atomic E-state index is 12.6. The monoisotopic (exact) mass is 428 g/mol. The van der Waals surface area contributed by atoms with Crippen LogP contribution in [0, 0.1) is 0 Å². The number of aliphatic carboxylic acids is 1. The van der Waals surface area contributed by atoms with Crippen molar-refractivity contribution in [3.05, 3.63) is 95.6 Å². The van der Waals surface area contributed by atoms with E-state index in [1.54, 1.807) is 60.7 Å². The summed E-state index contributed by atoms with van der Waals surface area (Å²) in [6, 6.07) is 18.6. The Morgan fingerprint density at radius 2 is 1.58 bits per heavy atom. The molecule has 1 N–H and O–H groups in total. The summed E-state index contributed by atoms with van der Waals surface area (Å²) in [5, 5.41) is 8.87. The van der Waals surface area contributed by atoms with Crippen molar-refractivity contribution in [2.45, 2.75) is 12.6 Å². The molecule has 0 aliphatic rings. The molecule has 31 heavy (non-hydrogen) atoms. The zero-order chi connectivity index (χ0) is 22.3. The number of halogens is 3. The summed E-state index contributed by atoms with van der Waals surface area (Å²) in [6.45, 7) is 0.248. The van der Waals surface area contributed by atoms with Crippen LogP contribution in [0.25, 0.3) is 6.08 Å². The van der Waals surface area contributed by atoms with E-state index in [1.165, 1.54) is 12.1 Å². The van der Waals surface area contributed by atoms with E-state index in [1.807, 2.05) is 0 Å². The van der Waals surface area contributed by atoms with Crippen molar-refractivity contribution < 1.29 is 32.5 Å². The molecule has 0 spiro atoms. The van der Waals surface area contributed by atoms with E-state index in [0.717, 1.165) is 12.1 Å². The fraction of sp³-hybridized carbons (Fsp3) is 0.125. The smallest absolute Gasteiger partial charge is 0.416 e. The Balaban J connectivity index is 1.50. The van der Waals surface area contributed by atoms with Crippen LogP contribution in [0.2, 0.25) is 0 Å². The van der Waals surface area contributed by atoms with Crippen LogP contribution in [0.4, 0.5) is 13.2 Å². The third-order valence-electron chi connectivity index (χ3n) is 4.21. The summed E-state index contributed by atoms with van der Waals surface area (Å²) >= 11 is 0. The Bertz CT molecular complexity index is 1040. The highest BCUT2D eigenvalue weighted by Gasteiger charge is 2.29. The van der Waals surface area contributed by atoms with Gasteiger partial charge >= 0.3 is 12.1 Å². The molecule has 0 bridgehead atoms. The van der Waals surface area contributed by atoms with E-state index in [2.05, 4.69) is 0 Å². The van der Waals surface area contributed by atoms with Crippen molar-refractivity contribution in [2.24, 2.45) is 0 Å². The molecule has 0 radical (unpaired) electrons. The highest BCUT2D eigenvalue weighted by atomic mass is 19.4. The third kappa shape index (κ3) is 6.92. The SMILES string of the molecule is O=C(O)Cc1cccc(Oc2ccc(OCC=Cc3ccc(C(F)(F)F)cc3)cc2)c1. The average Bonchev–Trinajstić information content (AvgIpc) is 2.72. The molecule has 4 nitrogen and oxygen atoms in total. The summed E-state index contributed by atoms with van der Waals surface area (Å²) in [4.78, 5) is 10.8. The molecule has 0 aliphatic heterocycles. The van der Waals surface area contributed by atoms with Crippen molar-refractivity contribution in [1.29, 1.82) is 0 Å². The largest absolute Gasteiger partial charge is 0.490 e. The first-order valence-electron chi connectivity index (χ1n) is 9.35. The first-order valence-corrected chi connectivity index (χ1v) is 9.35. The normalized spacial score (nSPS) is 11.5. The molecule has 0 heterocycles. The van der Waals surface area contributed by atoms with Gasteiger partial charge in [0.15, 0.2) is 0 Å². The summed E-state index contributed by atoms with van der Waals surface area (Å²) in [5.41, 5.74) is 0.604. The van der Waals surface area contributed by atoms with E-state index in [9.17, 15) is 18.0 Å². The highest BCUT2D eigenvalue weighted by Crippen LogP contribution is 2.29. The van der Waals surface area contributed by atoms with Gasteiger partial charge in [-0.15, -0.1) is 0 Å². The van der Waals surface area contributed by atoms with Gasteiger partial charge in [-0.05, 0) is 65.7 Å². The van der Waals surface area contributed by atoms with E-state index in [-0.39, 0.29) is 13.0 Å². The van der Waals surface area contributed by atoms with Crippen molar-refractivity contribution in [3.8, 4) is 17.2 Å². The van der Waals surface area contributed by atoms with Crippen LogP contribution in [0.3, 0.4) is 0 Å². The Labute approximate surface area is 177 Å². The van der Waals surface area contributed by atoms with Crippen LogP contribution in [0.1, 0.15) is 16.7 Å². The zero-order valence-corrected chi connectivity index (χ0v) is 16.3. The average molecular weight is 428 g/mol. The molecule has 3 rings (SSSR count). The second kappa shape index (κ2) is 9.84. The maximum Gasteiger partial charge on any atom is 0.416 e. The number of benzene rings is 3. The predicted octanol–water partition coefficient (Wildman–Crippen LogP) is 6.22. The fourth-order valence-corrected chi connectivity index (χ4v) is 2.75. The third-order valence-corrected chi connectivity index (χ3v) is 4.21. The molecule has 7 heteroatoms. The molecular weight excluding hydrogens is 409 g/mol. The van der Waals surface area contributed by atoms with Crippen LogP contribution >= 0.6 is 0 Å². The number of ether oxygens (including phenoxy) is 2. The summed E-state index contributed by atoms with van der Waals surface area (Å²) in [7, 11) is 0. The van der Waals surface area contributed by atoms with Crippen LogP contribution in [0.5, 0.6) is 17.2 Å². The molecule has 0 fully saturated rings. The minimum atomic E-state index is -4.34. The summed E-state index contributed by atoms with van der Waals surface area (Å²) in [6.07, 6.45) is -1.03. The number of hydrogen-bond donors (Lipinski definition) is 1. The van der Waals surface area contributed by atoms with Gasteiger partial charge < -0.3 is 14.6 Å². The topological polar surface area (TPSA) is 55.8 Å². The number of carboxylic acids is 1. The van der Waals surface area contributed by atoms with Crippen molar-refractivity contribution in [1.82, 2.24) is 0 Å². The van der Waals surface area contributed by atoms with Crippen LogP contribution in [-0.4, -0.2) is 17.7 Å². The molecule has 0 aliphatic carbocycles. The quantitative estimate of drug-likeness (QED) is 0.463. The molecule has 0 aromatic heterocycles. The Kier molecular flexibility index (Phi) is 6.97. The van der Waals surface area contributed by atoms with E-state index in [4.69, 9.17) is 14.6 Å². The van der Waals surface area contributed by atoms with Crippen molar-refractivity contribution >= 4 is 12.0 Å². The molecule has 3 aromatic carbocycles. The summed E-state index contributed by atoms with van der Waals surface area (Å²) in [5.74, 6) is 0.794. The number of carbonyl (C=O) groups is 1. The first-order chi connectivity index (χ1) is 14.8. The van der Waals surface area contributed by atoms with Gasteiger partial charge in [-0.2, -0.15) is 13.2 Å². The minimum absolute atomic E-state index is 0.0794. The van der Waals surface area contributed by atoms with Crippen LogP contribution in [0.15, 0.2) is 78.9 Å². The molecular formula is C24H19F3O4. The highest BCUT2D eigenvalue weighted by molar-refractivity contribution is 5.70. The Hall–Kier alpha value is -3.74. The molecule has 0 atom stereocenters. The van der Waals surface area contributed by atoms with Gasteiger partial charge in [0.2, 0.25) is 0 Å². The molecule has 0 saturated heterocycles. The summed E-state index contributed by atoms with van der Waals surface area (Å²) < 4.78 is 49.0. The molecule has 3 aromatic rings. The van der Waals surface area contributed by atoms with Gasteiger partial charge in [-0.3, -0.25) is 4.79 Å².